The molecule has 8 nitrogen and oxygen atoms in total. The zero-order valence-electron chi connectivity index (χ0n) is 13.1. The molecule has 1 aromatic carbocycles. The Balaban J connectivity index is 1.60. The van der Waals surface area contributed by atoms with Gasteiger partial charge in [0.05, 0.1) is 11.9 Å². The largest absolute Gasteiger partial charge is 0.486 e. The van der Waals surface area contributed by atoms with Crippen LogP contribution in [0.3, 0.4) is 0 Å². The second kappa shape index (κ2) is 7.32. The lowest BCUT2D eigenvalue weighted by molar-refractivity contribution is 0.102. The third kappa shape index (κ3) is 3.72. The Morgan fingerprint density at radius 2 is 2.08 bits per heavy atom. The summed E-state index contributed by atoms with van der Waals surface area (Å²) in [6.45, 7) is 2.90. The molecule has 3 aromatic rings. The van der Waals surface area contributed by atoms with Gasteiger partial charge in [-0.3, -0.25) is 9.78 Å². The summed E-state index contributed by atoms with van der Waals surface area (Å²) in [6, 6.07) is 10.4. The van der Waals surface area contributed by atoms with Crippen LogP contribution in [0.15, 0.2) is 48.8 Å². The molecule has 0 radical (unpaired) electrons. The van der Waals surface area contributed by atoms with Crippen molar-refractivity contribution < 1.29 is 9.53 Å². The van der Waals surface area contributed by atoms with Crippen molar-refractivity contribution in [2.45, 2.75) is 20.1 Å². The maximum absolute atomic E-state index is 12.1. The predicted molar refractivity (Wildman–Crippen MR) is 86.5 cm³/mol. The van der Waals surface area contributed by atoms with Gasteiger partial charge in [-0.05, 0) is 53.7 Å². The Bertz CT molecular complexity index is 801. The van der Waals surface area contributed by atoms with Crippen molar-refractivity contribution in [3.63, 3.8) is 0 Å². The Labute approximate surface area is 138 Å². The zero-order valence-corrected chi connectivity index (χ0v) is 13.1. The van der Waals surface area contributed by atoms with Gasteiger partial charge in [0.1, 0.15) is 12.4 Å². The molecule has 0 spiro atoms. The Kier molecular flexibility index (Phi) is 4.76. The molecule has 2 heterocycles. The summed E-state index contributed by atoms with van der Waals surface area (Å²) >= 11 is 0. The third-order valence-electron chi connectivity index (χ3n) is 3.31. The van der Waals surface area contributed by atoms with Crippen molar-refractivity contribution >= 4 is 11.6 Å². The van der Waals surface area contributed by atoms with Gasteiger partial charge in [-0.25, -0.2) is 4.68 Å². The van der Waals surface area contributed by atoms with Gasteiger partial charge in [-0.1, -0.05) is 0 Å². The van der Waals surface area contributed by atoms with Crippen LogP contribution in [-0.4, -0.2) is 31.1 Å². The maximum atomic E-state index is 12.1. The fraction of sp³-hybridized carbons (Fsp3) is 0.188. The maximum Gasteiger partial charge on any atom is 0.255 e. The zero-order chi connectivity index (χ0) is 16.8. The molecule has 0 saturated carbocycles. The lowest BCUT2D eigenvalue weighted by Crippen LogP contribution is -2.12. The summed E-state index contributed by atoms with van der Waals surface area (Å²) in [5.74, 6) is 1.08. The minimum Gasteiger partial charge on any atom is -0.486 e. The monoisotopic (exact) mass is 324 g/mol. The summed E-state index contributed by atoms with van der Waals surface area (Å²) in [5, 5.41) is 14.1. The highest BCUT2D eigenvalue weighted by Gasteiger charge is 2.08. The molecule has 1 N–H and O–H groups in total. The highest BCUT2D eigenvalue weighted by Crippen LogP contribution is 2.15. The number of ether oxygens (including phenoxy) is 1. The van der Waals surface area contributed by atoms with E-state index in [1.165, 1.54) is 0 Å². The first kappa shape index (κ1) is 15.6. The van der Waals surface area contributed by atoms with E-state index in [0.717, 1.165) is 0 Å². The molecule has 1 amide bonds. The van der Waals surface area contributed by atoms with Crippen molar-refractivity contribution in [1.82, 2.24) is 25.2 Å². The number of amides is 1. The molecule has 0 saturated heterocycles. The number of hydrogen-bond donors (Lipinski definition) is 1. The van der Waals surface area contributed by atoms with E-state index in [2.05, 4.69) is 25.8 Å². The highest BCUT2D eigenvalue weighted by atomic mass is 16.5. The number of benzene rings is 1. The number of anilines is 1. The normalized spacial score (nSPS) is 10.4. The van der Waals surface area contributed by atoms with Crippen molar-refractivity contribution in [3.8, 4) is 5.75 Å². The van der Waals surface area contributed by atoms with Gasteiger partial charge >= 0.3 is 0 Å². The molecule has 0 aliphatic rings. The molecule has 2 aromatic heterocycles. The molecule has 24 heavy (non-hydrogen) atoms. The third-order valence-corrected chi connectivity index (χ3v) is 3.31. The second-order valence-corrected chi connectivity index (χ2v) is 4.92. The molecule has 0 fully saturated rings. The fourth-order valence-electron chi connectivity index (χ4n) is 2.06. The van der Waals surface area contributed by atoms with Gasteiger partial charge in [0.2, 0.25) is 0 Å². The van der Waals surface area contributed by atoms with Crippen molar-refractivity contribution in [3.05, 3.63) is 60.2 Å². The van der Waals surface area contributed by atoms with Gasteiger partial charge in [-0.15, -0.1) is 5.10 Å². The lowest BCUT2D eigenvalue weighted by atomic mass is 10.2. The molecule has 0 aliphatic carbocycles. The van der Waals surface area contributed by atoms with Crippen LogP contribution in [0.25, 0.3) is 0 Å². The summed E-state index contributed by atoms with van der Waals surface area (Å²) < 4.78 is 7.30. The first-order valence-corrected chi connectivity index (χ1v) is 7.45. The van der Waals surface area contributed by atoms with Crippen LogP contribution in [0.5, 0.6) is 5.75 Å². The molecule has 0 bridgehead atoms. The van der Waals surface area contributed by atoms with Gasteiger partial charge in [0.15, 0.2) is 5.82 Å². The van der Waals surface area contributed by atoms with Gasteiger partial charge in [-0.2, -0.15) is 0 Å². The summed E-state index contributed by atoms with van der Waals surface area (Å²) in [4.78, 5) is 16.1. The van der Waals surface area contributed by atoms with E-state index in [1.54, 1.807) is 53.5 Å². The van der Waals surface area contributed by atoms with E-state index in [-0.39, 0.29) is 12.5 Å². The predicted octanol–water partition coefficient (Wildman–Crippen LogP) is 1.92. The van der Waals surface area contributed by atoms with Crippen LogP contribution in [0.2, 0.25) is 0 Å². The smallest absolute Gasteiger partial charge is 0.255 e. The van der Waals surface area contributed by atoms with Crippen molar-refractivity contribution in [1.29, 1.82) is 0 Å². The van der Waals surface area contributed by atoms with Gasteiger partial charge in [0.25, 0.3) is 5.91 Å². The van der Waals surface area contributed by atoms with Crippen LogP contribution in [0.4, 0.5) is 5.69 Å². The van der Waals surface area contributed by atoms with Crippen LogP contribution in [0, 0.1) is 0 Å². The number of tetrazole rings is 1. The fourth-order valence-corrected chi connectivity index (χ4v) is 2.06. The summed E-state index contributed by atoms with van der Waals surface area (Å²) in [7, 11) is 0. The number of carbonyl (C=O) groups excluding carboxylic acids is 1. The van der Waals surface area contributed by atoms with E-state index in [1.807, 2.05) is 6.92 Å². The lowest BCUT2D eigenvalue weighted by Gasteiger charge is -2.07. The summed E-state index contributed by atoms with van der Waals surface area (Å²) in [6.07, 6.45) is 3.24. The molecular formula is C16H16N6O2. The van der Waals surface area contributed by atoms with E-state index in [0.29, 0.717) is 29.4 Å². The first-order valence-electron chi connectivity index (χ1n) is 7.45. The Morgan fingerprint density at radius 1 is 1.25 bits per heavy atom. The van der Waals surface area contributed by atoms with Gasteiger partial charge in [0, 0.05) is 18.3 Å². The van der Waals surface area contributed by atoms with Crippen LogP contribution in [0.1, 0.15) is 23.1 Å². The number of nitrogens with one attached hydrogen (secondary N) is 1. The van der Waals surface area contributed by atoms with Crippen LogP contribution >= 0.6 is 0 Å². The van der Waals surface area contributed by atoms with Crippen LogP contribution < -0.4 is 10.1 Å². The quantitative estimate of drug-likeness (QED) is 0.744. The van der Waals surface area contributed by atoms with E-state index < -0.39 is 0 Å². The Morgan fingerprint density at radius 3 is 2.79 bits per heavy atom. The highest BCUT2D eigenvalue weighted by molar-refractivity contribution is 6.04. The number of pyridine rings is 1. The number of nitrogens with zero attached hydrogens (tertiary/aromatic N) is 5. The molecule has 0 unspecified atom stereocenters. The molecule has 3 rings (SSSR count). The molecule has 0 aliphatic heterocycles. The number of aromatic nitrogens is 5. The second-order valence-electron chi connectivity index (χ2n) is 4.92. The molecular weight excluding hydrogens is 308 g/mol. The number of hydrogen-bond acceptors (Lipinski definition) is 6. The summed E-state index contributed by atoms with van der Waals surface area (Å²) in [5.41, 5.74) is 1.18. The Hall–Kier alpha value is -3.29. The standard InChI is InChI=1S/C16H16N6O2/c1-2-22-15(19-20-21-22)11-24-14-7-5-12(6-8-14)16(23)18-13-4-3-9-17-10-13/h3-10H,2,11H2,1H3,(H,18,23). The molecule has 0 atom stereocenters. The molecule has 122 valence electrons. The number of rotatable bonds is 6. The first-order chi connectivity index (χ1) is 11.8. The SMILES string of the molecule is CCn1nnnc1COc1ccc(C(=O)Nc2cccnc2)cc1. The van der Waals surface area contributed by atoms with Crippen molar-refractivity contribution in [2.24, 2.45) is 0 Å². The minimum atomic E-state index is -0.204. The minimum absolute atomic E-state index is 0.204. The van der Waals surface area contributed by atoms with E-state index in [9.17, 15) is 4.79 Å². The average Bonchev–Trinajstić information content (AvgIpc) is 3.09. The number of carbonyl (C=O) groups is 1. The van der Waals surface area contributed by atoms with Gasteiger partial charge < -0.3 is 10.1 Å². The van der Waals surface area contributed by atoms with Crippen LogP contribution in [-0.2, 0) is 13.2 Å². The van der Waals surface area contributed by atoms with E-state index >= 15 is 0 Å². The van der Waals surface area contributed by atoms with E-state index in [4.69, 9.17) is 4.74 Å². The topological polar surface area (TPSA) is 94.8 Å². The molecule has 8 heteroatoms. The number of aryl methyl sites for hydroxylation is 1. The van der Waals surface area contributed by atoms with Crippen molar-refractivity contribution in [2.75, 3.05) is 5.32 Å². The average molecular weight is 324 g/mol.